The summed E-state index contributed by atoms with van der Waals surface area (Å²) in [5.41, 5.74) is 3.22. The molecule has 1 fully saturated rings. The fraction of sp³-hybridized carbons (Fsp3) is 0.500. The number of allylic oxidation sites excluding steroid dienone is 1. The molecule has 1 saturated heterocycles. The molecule has 18 heavy (non-hydrogen) atoms. The van der Waals surface area contributed by atoms with E-state index >= 15 is 0 Å². The van der Waals surface area contributed by atoms with E-state index in [0.29, 0.717) is 12.0 Å². The first-order chi connectivity index (χ1) is 8.84. The SMILES string of the molecule is OCCCN1CCC2(C=Cc3ccccc32)CC1. The Hall–Kier alpha value is -1.12. The van der Waals surface area contributed by atoms with Gasteiger partial charge in [0.2, 0.25) is 0 Å². The minimum absolute atomic E-state index is 0.298. The number of piperidine rings is 1. The van der Waals surface area contributed by atoms with Crippen LogP contribution in [0, 0.1) is 0 Å². The average molecular weight is 243 g/mol. The zero-order chi connectivity index (χ0) is 12.4. The van der Waals surface area contributed by atoms with Gasteiger partial charge >= 0.3 is 0 Å². The molecule has 0 radical (unpaired) electrons. The molecular weight excluding hydrogens is 222 g/mol. The molecule has 0 saturated carbocycles. The van der Waals surface area contributed by atoms with Crippen LogP contribution >= 0.6 is 0 Å². The molecule has 1 aliphatic heterocycles. The van der Waals surface area contributed by atoms with Crippen LogP contribution in [0.1, 0.15) is 30.4 Å². The Morgan fingerprint density at radius 2 is 1.94 bits per heavy atom. The van der Waals surface area contributed by atoms with Crippen molar-refractivity contribution in [1.82, 2.24) is 4.90 Å². The van der Waals surface area contributed by atoms with E-state index in [0.717, 1.165) is 26.1 Å². The zero-order valence-corrected chi connectivity index (χ0v) is 10.8. The molecule has 2 aliphatic rings. The molecule has 1 aromatic carbocycles. The number of aliphatic hydroxyl groups excluding tert-OH is 1. The summed E-state index contributed by atoms with van der Waals surface area (Å²) in [5, 5.41) is 8.89. The fourth-order valence-corrected chi connectivity index (χ4v) is 3.34. The molecule has 1 spiro atoms. The predicted octanol–water partition coefficient (Wildman–Crippen LogP) is 2.43. The largest absolute Gasteiger partial charge is 0.396 e. The molecule has 1 N–H and O–H groups in total. The molecule has 96 valence electrons. The fourth-order valence-electron chi connectivity index (χ4n) is 3.34. The Morgan fingerprint density at radius 3 is 2.72 bits per heavy atom. The summed E-state index contributed by atoms with van der Waals surface area (Å²) in [4.78, 5) is 2.48. The Labute approximate surface area is 109 Å². The van der Waals surface area contributed by atoms with E-state index in [1.165, 1.54) is 24.0 Å². The van der Waals surface area contributed by atoms with Gasteiger partial charge in [-0.15, -0.1) is 0 Å². The van der Waals surface area contributed by atoms with Crippen molar-refractivity contribution in [2.24, 2.45) is 0 Å². The van der Waals surface area contributed by atoms with E-state index in [-0.39, 0.29) is 0 Å². The van der Waals surface area contributed by atoms with Gasteiger partial charge in [0.05, 0.1) is 0 Å². The topological polar surface area (TPSA) is 23.5 Å². The maximum Gasteiger partial charge on any atom is 0.0443 e. The monoisotopic (exact) mass is 243 g/mol. The molecule has 3 rings (SSSR count). The van der Waals surface area contributed by atoms with Gasteiger partial charge in [0.15, 0.2) is 0 Å². The van der Waals surface area contributed by atoms with Crippen LogP contribution in [0.4, 0.5) is 0 Å². The Morgan fingerprint density at radius 1 is 1.17 bits per heavy atom. The van der Waals surface area contributed by atoms with Gasteiger partial charge in [0, 0.05) is 18.6 Å². The van der Waals surface area contributed by atoms with Gasteiger partial charge < -0.3 is 10.0 Å². The van der Waals surface area contributed by atoms with Crippen molar-refractivity contribution in [3.63, 3.8) is 0 Å². The molecule has 0 bridgehead atoms. The molecule has 2 nitrogen and oxygen atoms in total. The predicted molar refractivity (Wildman–Crippen MR) is 74.5 cm³/mol. The lowest BCUT2D eigenvalue weighted by Gasteiger charge is -2.39. The number of hydrogen-bond acceptors (Lipinski definition) is 2. The van der Waals surface area contributed by atoms with Crippen LogP contribution in [-0.2, 0) is 5.41 Å². The number of nitrogens with zero attached hydrogens (tertiary/aromatic N) is 1. The first-order valence-corrected chi connectivity index (χ1v) is 6.96. The van der Waals surface area contributed by atoms with Crippen LogP contribution in [0.15, 0.2) is 30.3 Å². The first kappa shape index (κ1) is 11.9. The second kappa shape index (κ2) is 4.87. The quantitative estimate of drug-likeness (QED) is 0.881. The summed E-state index contributed by atoms with van der Waals surface area (Å²) < 4.78 is 0. The number of rotatable bonds is 3. The normalized spacial score (nSPS) is 21.4. The van der Waals surface area contributed by atoms with Crippen molar-refractivity contribution in [3.8, 4) is 0 Å². The third-order valence-corrected chi connectivity index (χ3v) is 4.46. The number of aliphatic hydroxyl groups is 1. The Balaban J connectivity index is 1.71. The van der Waals surface area contributed by atoms with Gasteiger partial charge in [-0.05, 0) is 43.5 Å². The highest BCUT2D eigenvalue weighted by atomic mass is 16.3. The van der Waals surface area contributed by atoms with E-state index < -0.39 is 0 Å². The van der Waals surface area contributed by atoms with Gasteiger partial charge in [0.25, 0.3) is 0 Å². The van der Waals surface area contributed by atoms with Crippen LogP contribution in [0.25, 0.3) is 6.08 Å². The minimum atomic E-state index is 0.298. The van der Waals surface area contributed by atoms with E-state index in [2.05, 4.69) is 41.3 Å². The van der Waals surface area contributed by atoms with E-state index in [4.69, 9.17) is 5.11 Å². The highest BCUT2D eigenvalue weighted by Gasteiger charge is 2.37. The van der Waals surface area contributed by atoms with Gasteiger partial charge in [-0.2, -0.15) is 0 Å². The highest BCUT2D eigenvalue weighted by molar-refractivity contribution is 5.65. The van der Waals surface area contributed by atoms with Gasteiger partial charge in [-0.3, -0.25) is 0 Å². The minimum Gasteiger partial charge on any atom is -0.396 e. The number of hydrogen-bond donors (Lipinski definition) is 1. The van der Waals surface area contributed by atoms with Crippen LogP contribution < -0.4 is 0 Å². The molecule has 0 aromatic heterocycles. The van der Waals surface area contributed by atoms with Crippen LogP contribution in [-0.4, -0.2) is 36.2 Å². The van der Waals surface area contributed by atoms with E-state index in [1.807, 2.05) is 0 Å². The first-order valence-electron chi connectivity index (χ1n) is 6.96. The maximum absolute atomic E-state index is 8.89. The molecule has 0 atom stereocenters. The van der Waals surface area contributed by atoms with Crippen LogP contribution in [0.3, 0.4) is 0 Å². The van der Waals surface area contributed by atoms with Crippen molar-refractivity contribution >= 4 is 6.08 Å². The van der Waals surface area contributed by atoms with Crippen molar-refractivity contribution in [2.45, 2.75) is 24.7 Å². The van der Waals surface area contributed by atoms with E-state index in [9.17, 15) is 0 Å². The Kier molecular flexibility index (Phi) is 3.23. The summed E-state index contributed by atoms with van der Waals surface area (Å²) in [7, 11) is 0. The summed E-state index contributed by atoms with van der Waals surface area (Å²) >= 11 is 0. The molecule has 0 amide bonds. The standard InChI is InChI=1S/C16H21NO/c18-13-3-10-17-11-8-16(9-12-17)7-6-14-4-1-2-5-15(14)16/h1-2,4-7,18H,3,8-13H2. The lowest BCUT2D eigenvalue weighted by Crippen LogP contribution is -2.41. The molecule has 1 heterocycles. The molecule has 0 unspecified atom stereocenters. The van der Waals surface area contributed by atoms with Crippen molar-refractivity contribution in [2.75, 3.05) is 26.2 Å². The smallest absolute Gasteiger partial charge is 0.0443 e. The second-order valence-electron chi connectivity index (χ2n) is 5.50. The van der Waals surface area contributed by atoms with Crippen LogP contribution in [0.5, 0.6) is 0 Å². The zero-order valence-electron chi connectivity index (χ0n) is 10.8. The summed E-state index contributed by atoms with van der Waals surface area (Å²) in [6, 6.07) is 8.79. The van der Waals surface area contributed by atoms with Crippen molar-refractivity contribution in [1.29, 1.82) is 0 Å². The van der Waals surface area contributed by atoms with Gasteiger partial charge in [-0.25, -0.2) is 0 Å². The van der Waals surface area contributed by atoms with Gasteiger partial charge in [0.1, 0.15) is 0 Å². The summed E-state index contributed by atoms with van der Waals surface area (Å²) in [5.74, 6) is 0. The number of fused-ring (bicyclic) bond motifs is 2. The van der Waals surface area contributed by atoms with Crippen molar-refractivity contribution < 1.29 is 5.11 Å². The lowest BCUT2D eigenvalue weighted by atomic mass is 9.74. The summed E-state index contributed by atoms with van der Waals surface area (Å²) in [6.45, 7) is 3.65. The third-order valence-electron chi connectivity index (χ3n) is 4.46. The van der Waals surface area contributed by atoms with Crippen molar-refractivity contribution in [3.05, 3.63) is 41.5 Å². The number of likely N-dealkylation sites (tertiary alicyclic amines) is 1. The maximum atomic E-state index is 8.89. The molecular formula is C16H21NO. The molecule has 1 aromatic rings. The van der Waals surface area contributed by atoms with Crippen LogP contribution in [0.2, 0.25) is 0 Å². The second-order valence-corrected chi connectivity index (χ2v) is 5.50. The summed E-state index contributed by atoms with van der Waals surface area (Å²) in [6.07, 6.45) is 8.04. The number of benzene rings is 1. The molecule has 2 heteroatoms. The average Bonchev–Trinajstić information content (AvgIpc) is 2.78. The highest BCUT2D eigenvalue weighted by Crippen LogP contribution is 2.43. The molecule has 1 aliphatic carbocycles. The van der Waals surface area contributed by atoms with E-state index in [1.54, 1.807) is 0 Å². The Bertz CT molecular complexity index is 444. The third kappa shape index (κ3) is 2.00. The van der Waals surface area contributed by atoms with Gasteiger partial charge in [-0.1, -0.05) is 36.4 Å². The lowest BCUT2D eigenvalue weighted by molar-refractivity contribution is 0.167.